The van der Waals surface area contributed by atoms with Gasteiger partial charge in [0.15, 0.2) is 6.29 Å². The number of hydrogen-bond donors (Lipinski definition) is 1. The summed E-state index contributed by atoms with van der Waals surface area (Å²) in [7, 11) is 2.11. The number of benzene rings is 1. The maximum absolute atomic E-state index is 10.2. The van der Waals surface area contributed by atoms with E-state index in [1.807, 2.05) is 19.9 Å². The van der Waals surface area contributed by atoms with Gasteiger partial charge in [-0.05, 0) is 44.4 Å². The van der Waals surface area contributed by atoms with E-state index in [4.69, 9.17) is 9.47 Å². The van der Waals surface area contributed by atoms with E-state index in [2.05, 4.69) is 33.9 Å². The van der Waals surface area contributed by atoms with Gasteiger partial charge in [0.1, 0.15) is 0 Å². The van der Waals surface area contributed by atoms with E-state index in [0.29, 0.717) is 12.6 Å². The van der Waals surface area contributed by atoms with Crippen LogP contribution in [0.4, 0.5) is 5.69 Å². The maximum atomic E-state index is 10.2. The molecule has 0 aromatic heterocycles. The van der Waals surface area contributed by atoms with Gasteiger partial charge in [-0.25, -0.2) is 0 Å². The second-order valence-corrected chi connectivity index (χ2v) is 6.32. The Labute approximate surface area is 135 Å². The minimum absolute atomic E-state index is 0.476. The minimum Gasteiger partial charge on any atom is -0.381 e. The van der Waals surface area contributed by atoms with Gasteiger partial charge in [0.2, 0.25) is 0 Å². The van der Waals surface area contributed by atoms with Gasteiger partial charge in [0, 0.05) is 48.6 Å². The number of ether oxygens (including phenoxy) is 2. The predicted molar refractivity (Wildman–Crippen MR) is 87.7 cm³/mol. The molecule has 1 aromatic rings. The van der Waals surface area contributed by atoms with Crippen LogP contribution in [0.5, 0.6) is 0 Å². The average Bonchev–Trinajstić information content (AvgIpc) is 2.49. The standard InChI is InChI=1S/C16H24BrNO3/c1-4-21-16(19)14-9-12(17)10-15(11(14)2)18(3)13-5-7-20-8-6-13/h9-10,13,16,19H,4-8H2,1-3H3. The van der Waals surface area contributed by atoms with Crippen molar-refractivity contribution in [3.8, 4) is 0 Å². The van der Waals surface area contributed by atoms with Crippen molar-refractivity contribution in [2.24, 2.45) is 0 Å². The summed E-state index contributed by atoms with van der Waals surface area (Å²) < 4.78 is 11.7. The highest BCUT2D eigenvalue weighted by molar-refractivity contribution is 9.10. The molecule has 118 valence electrons. The smallest absolute Gasteiger partial charge is 0.181 e. The predicted octanol–water partition coefficient (Wildman–Crippen LogP) is 3.40. The first-order valence-electron chi connectivity index (χ1n) is 7.44. The Hall–Kier alpha value is -0.620. The quantitative estimate of drug-likeness (QED) is 0.820. The first-order valence-corrected chi connectivity index (χ1v) is 8.24. The van der Waals surface area contributed by atoms with Gasteiger partial charge in [-0.3, -0.25) is 0 Å². The Bertz CT molecular complexity index is 475. The van der Waals surface area contributed by atoms with Crippen LogP contribution in [0.3, 0.4) is 0 Å². The summed E-state index contributed by atoms with van der Waals surface area (Å²) in [4.78, 5) is 2.30. The van der Waals surface area contributed by atoms with Crippen molar-refractivity contribution in [2.45, 2.75) is 39.0 Å². The fourth-order valence-corrected chi connectivity index (χ4v) is 3.29. The van der Waals surface area contributed by atoms with Gasteiger partial charge in [-0.1, -0.05) is 15.9 Å². The van der Waals surface area contributed by atoms with E-state index >= 15 is 0 Å². The molecule has 1 N–H and O–H groups in total. The molecule has 1 saturated heterocycles. The Balaban J connectivity index is 2.29. The summed E-state index contributed by atoms with van der Waals surface area (Å²) in [6.07, 6.45) is 1.19. The van der Waals surface area contributed by atoms with Gasteiger partial charge >= 0.3 is 0 Å². The van der Waals surface area contributed by atoms with E-state index in [9.17, 15) is 5.11 Å². The molecule has 21 heavy (non-hydrogen) atoms. The van der Waals surface area contributed by atoms with Gasteiger partial charge < -0.3 is 19.5 Å². The summed E-state index contributed by atoms with van der Waals surface area (Å²) in [5, 5.41) is 10.2. The molecule has 0 saturated carbocycles. The SMILES string of the molecule is CCOC(O)c1cc(Br)cc(N(C)C2CCOCC2)c1C. The van der Waals surface area contributed by atoms with Crippen molar-refractivity contribution in [3.05, 3.63) is 27.7 Å². The molecular formula is C16H24BrNO3. The third-order valence-corrected chi connectivity index (χ3v) is 4.55. The summed E-state index contributed by atoms with van der Waals surface area (Å²) in [5.74, 6) is 0. The number of halogens is 1. The number of anilines is 1. The van der Waals surface area contributed by atoms with Gasteiger partial charge in [0.25, 0.3) is 0 Å². The molecule has 1 atom stereocenters. The first-order chi connectivity index (χ1) is 10.0. The second-order valence-electron chi connectivity index (χ2n) is 5.40. The van der Waals surface area contributed by atoms with E-state index in [1.54, 1.807) is 0 Å². The van der Waals surface area contributed by atoms with Crippen LogP contribution in [0, 0.1) is 6.92 Å². The van der Waals surface area contributed by atoms with Crippen LogP contribution in [-0.2, 0) is 9.47 Å². The highest BCUT2D eigenvalue weighted by atomic mass is 79.9. The van der Waals surface area contributed by atoms with Crippen LogP contribution in [0.2, 0.25) is 0 Å². The molecule has 1 aromatic carbocycles. The Morgan fingerprint density at radius 1 is 1.43 bits per heavy atom. The summed E-state index contributed by atoms with van der Waals surface area (Å²) >= 11 is 3.54. The van der Waals surface area contributed by atoms with E-state index in [-0.39, 0.29) is 0 Å². The summed E-state index contributed by atoms with van der Waals surface area (Å²) in [6, 6.07) is 4.51. The lowest BCUT2D eigenvalue weighted by Crippen LogP contribution is -2.37. The number of hydrogen-bond acceptors (Lipinski definition) is 4. The maximum Gasteiger partial charge on any atom is 0.181 e. The van der Waals surface area contributed by atoms with Crippen molar-refractivity contribution in [1.82, 2.24) is 0 Å². The topological polar surface area (TPSA) is 41.9 Å². The van der Waals surface area contributed by atoms with Crippen molar-refractivity contribution >= 4 is 21.6 Å². The fourth-order valence-electron chi connectivity index (χ4n) is 2.82. The van der Waals surface area contributed by atoms with E-state index in [0.717, 1.165) is 47.3 Å². The highest BCUT2D eigenvalue weighted by Crippen LogP contribution is 2.33. The van der Waals surface area contributed by atoms with Crippen LogP contribution >= 0.6 is 15.9 Å². The van der Waals surface area contributed by atoms with E-state index in [1.165, 1.54) is 0 Å². The normalized spacial score (nSPS) is 17.8. The molecule has 1 fully saturated rings. The minimum atomic E-state index is -0.880. The molecule has 1 aliphatic heterocycles. The molecule has 1 unspecified atom stereocenters. The number of nitrogens with zero attached hydrogens (tertiary/aromatic N) is 1. The molecule has 0 radical (unpaired) electrons. The highest BCUT2D eigenvalue weighted by Gasteiger charge is 2.22. The lowest BCUT2D eigenvalue weighted by atomic mass is 10.0. The molecule has 1 aliphatic rings. The largest absolute Gasteiger partial charge is 0.381 e. The van der Waals surface area contributed by atoms with Crippen molar-refractivity contribution in [3.63, 3.8) is 0 Å². The third-order valence-electron chi connectivity index (χ3n) is 4.09. The third kappa shape index (κ3) is 3.97. The van der Waals surface area contributed by atoms with Gasteiger partial charge in [-0.15, -0.1) is 0 Å². The Morgan fingerprint density at radius 2 is 2.10 bits per heavy atom. The molecule has 0 spiro atoms. The molecule has 1 heterocycles. The molecule has 5 heteroatoms. The zero-order chi connectivity index (χ0) is 15.4. The zero-order valence-corrected chi connectivity index (χ0v) is 14.5. The van der Waals surface area contributed by atoms with Crippen LogP contribution in [0.25, 0.3) is 0 Å². The Morgan fingerprint density at radius 3 is 2.71 bits per heavy atom. The lowest BCUT2D eigenvalue weighted by Gasteiger charge is -2.34. The van der Waals surface area contributed by atoms with E-state index < -0.39 is 6.29 Å². The van der Waals surface area contributed by atoms with Crippen molar-refractivity contribution < 1.29 is 14.6 Å². The van der Waals surface area contributed by atoms with Crippen molar-refractivity contribution in [1.29, 1.82) is 0 Å². The fraction of sp³-hybridized carbons (Fsp3) is 0.625. The second kappa shape index (κ2) is 7.58. The molecule has 4 nitrogen and oxygen atoms in total. The first kappa shape index (κ1) is 16.7. The van der Waals surface area contributed by atoms with Crippen LogP contribution in [-0.4, -0.2) is 38.0 Å². The molecule has 2 rings (SSSR count). The Kier molecular flexibility index (Phi) is 6.05. The molecular weight excluding hydrogens is 334 g/mol. The van der Waals surface area contributed by atoms with Gasteiger partial charge in [-0.2, -0.15) is 0 Å². The number of aliphatic hydroxyl groups excluding tert-OH is 1. The van der Waals surface area contributed by atoms with Gasteiger partial charge in [0.05, 0.1) is 0 Å². The summed E-state index contributed by atoms with van der Waals surface area (Å²) in [6.45, 7) is 6.03. The zero-order valence-electron chi connectivity index (χ0n) is 12.9. The number of aliphatic hydroxyl groups is 1. The van der Waals surface area contributed by atoms with Crippen LogP contribution < -0.4 is 4.90 Å². The average molecular weight is 358 g/mol. The van der Waals surface area contributed by atoms with Crippen LogP contribution in [0.15, 0.2) is 16.6 Å². The summed E-state index contributed by atoms with van der Waals surface area (Å²) in [5.41, 5.74) is 3.01. The lowest BCUT2D eigenvalue weighted by molar-refractivity contribution is -0.0983. The monoisotopic (exact) mass is 357 g/mol. The molecule has 0 bridgehead atoms. The number of rotatable bonds is 5. The van der Waals surface area contributed by atoms with Crippen molar-refractivity contribution in [2.75, 3.05) is 31.8 Å². The molecule has 0 aliphatic carbocycles. The van der Waals surface area contributed by atoms with Crippen LogP contribution in [0.1, 0.15) is 37.2 Å². The molecule has 0 amide bonds.